The van der Waals surface area contributed by atoms with Gasteiger partial charge in [-0.3, -0.25) is 4.79 Å². The molecule has 4 rings (SSSR count). The van der Waals surface area contributed by atoms with Crippen LogP contribution >= 0.6 is 0 Å². The highest BCUT2D eigenvalue weighted by molar-refractivity contribution is 6.04. The molecule has 3 aromatic carbocycles. The van der Waals surface area contributed by atoms with Crippen molar-refractivity contribution in [2.24, 2.45) is 0 Å². The second-order valence-corrected chi connectivity index (χ2v) is 8.71. The highest BCUT2D eigenvalue weighted by Gasteiger charge is 2.25. The number of anilines is 2. The molecule has 0 aromatic heterocycles. The maximum atomic E-state index is 12.9. The molecule has 1 unspecified atom stereocenters. The van der Waals surface area contributed by atoms with Crippen molar-refractivity contribution in [2.45, 2.75) is 32.6 Å². The van der Waals surface area contributed by atoms with E-state index in [0.29, 0.717) is 37.6 Å². The number of rotatable bonds is 8. The molecule has 7 heteroatoms. The second kappa shape index (κ2) is 12.1. The summed E-state index contributed by atoms with van der Waals surface area (Å²) in [4.78, 5) is 27.6. The van der Waals surface area contributed by atoms with Crippen LogP contribution in [0.25, 0.3) is 0 Å². The molecular formula is C29H33N3O4. The molecular weight excluding hydrogens is 454 g/mol. The van der Waals surface area contributed by atoms with Crippen LogP contribution in [-0.4, -0.2) is 43.1 Å². The van der Waals surface area contributed by atoms with Crippen LogP contribution in [-0.2, 0) is 0 Å². The molecule has 7 nitrogen and oxygen atoms in total. The van der Waals surface area contributed by atoms with Crippen LogP contribution in [0.2, 0.25) is 0 Å². The Kier molecular flexibility index (Phi) is 8.44. The number of hydrogen-bond acceptors (Lipinski definition) is 4. The Bertz CT molecular complexity index is 1160. The zero-order valence-corrected chi connectivity index (χ0v) is 20.8. The van der Waals surface area contributed by atoms with E-state index < -0.39 is 0 Å². The van der Waals surface area contributed by atoms with Gasteiger partial charge in [0.1, 0.15) is 11.5 Å². The third kappa shape index (κ3) is 6.56. The van der Waals surface area contributed by atoms with Crippen LogP contribution in [0.15, 0.2) is 72.8 Å². The van der Waals surface area contributed by atoms with Crippen LogP contribution in [0, 0.1) is 0 Å². The van der Waals surface area contributed by atoms with Crippen LogP contribution in [0.5, 0.6) is 11.5 Å². The van der Waals surface area contributed by atoms with Gasteiger partial charge in [-0.25, -0.2) is 4.79 Å². The summed E-state index contributed by atoms with van der Waals surface area (Å²) in [6, 6.07) is 22.3. The molecule has 0 aliphatic carbocycles. The molecule has 1 aliphatic heterocycles. The fraction of sp³-hybridized carbons (Fsp3) is 0.310. The van der Waals surface area contributed by atoms with Crippen molar-refractivity contribution in [3.05, 3.63) is 83.9 Å². The monoisotopic (exact) mass is 487 g/mol. The van der Waals surface area contributed by atoms with Crippen molar-refractivity contribution in [2.75, 3.05) is 36.9 Å². The minimum atomic E-state index is -0.165. The Balaban J connectivity index is 1.37. The SMILES string of the molecule is CCOc1ccc(NC(=O)c2cccc(C3CCCN(C(=O)Nc4ccc(OCC)cc4)C3)c2)cc1. The summed E-state index contributed by atoms with van der Waals surface area (Å²) in [6.45, 7) is 6.38. The van der Waals surface area contributed by atoms with Crippen molar-refractivity contribution in [3.63, 3.8) is 0 Å². The molecule has 1 fully saturated rings. The van der Waals surface area contributed by atoms with E-state index in [0.717, 1.165) is 35.6 Å². The lowest BCUT2D eigenvalue weighted by Crippen LogP contribution is -2.41. The number of carbonyl (C=O) groups excluding carboxylic acids is 2. The van der Waals surface area contributed by atoms with Crippen molar-refractivity contribution in [1.29, 1.82) is 0 Å². The molecule has 0 spiro atoms. The summed E-state index contributed by atoms with van der Waals surface area (Å²) >= 11 is 0. The standard InChI is InChI=1S/C29H33N3O4/c1-3-35-26-14-10-24(11-15-26)30-28(33)22-8-5-7-21(19-22)23-9-6-18-32(20-23)29(34)31-25-12-16-27(17-13-25)36-4-2/h5,7-8,10-17,19,23H,3-4,6,9,18,20H2,1-2H3,(H,30,33)(H,31,34). The second-order valence-electron chi connectivity index (χ2n) is 8.71. The molecule has 0 radical (unpaired) electrons. The fourth-order valence-electron chi connectivity index (χ4n) is 4.38. The quantitative estimate of drug-likeness (QED) is 0.400. The van der Waals surface area contributed by atoms with Crippen LogP contribution in [0.4, 0.5) is 16.2 Å². The third-order valence-electron chi connectivity index (χ3n) is 6.17. The van der Waals surface area contributed by atoms with E-state index in [4.69, 9.17) is 9.47 Å². The molecule has 1 saturated heterocycles. The van der Waals surface area contributed by atoms with E-state index in [1.54, 1.807) is 0 Å². The minimum Gasteiger partial charge on any atom is -0.494 e. The lowest BCUT2D eigenvalue weighted by Gasteiger charge is -2.33. The van der Waals surface area contributed by atoms with Gasteiger partial charge in [0, 0.05) is 35.9 Å². The first-order valence-corrected chi connectivity index (χ1v) is 12.5. The summed E-state index contributed by atoms with van der Waals surface area (Å²) in [5.74, 6) is 1.55. The summed E-state index contributed by atoms with van der Waals surface area (Å²) in [6.07, 6.45) is 1.88. The summed E-state index contributed by atoms with van der Waals surface area (Å²) in [5, 5.41) is 5.93. The molecule has 2 N–H and O–H groups in total. The zero-order chi connectivity index (χ0) is 25.3. The fourth-order valence-corrected chi connectivity index (χ4v) is 4.38. The Morgan fingerprint density at radius 3 is 2.08 bits per heavy atom. The maximum Gasteiger partial charge on any atom is 0.321 e. The number of hydrogen-bond donors (Lipinski definition) is 2. The first-order valence-electron chi connectivity index (χ1n) is 12.5. The van der Waals surface area contributed by atoms with Gasteiger partial charge in [0.15, 0.2) is 0 Å². The van der Waals surface area contributed by atoms with Crippen molar-refractivity contribution in [3.8, 4) is 11.5 Å². The molecule has 1 heterocycles. The topological polar surface area (TPSA) is 79.9 Å². The largest absolute Gasteiger partial charge is 0.494 e. The first-order chi connectivity index (χ1) is 17.6. The summed E-state index contributed by atoms with van der Waals surface area (Å²) in [7, 11) is 0. The Labute approximate surface area is 212 Å². The summed E-state index contributed by atoms with van der Waals surface area (Å²) in [5.41, 5.74) is 3.10. The first kappa shape index (κ1) is 25.1. The third-order valence-corrected chi connectivity index (χ3v) is 6.17. The Morgan fingerprint density at radius 1 is 0.861 bits per heavy atom. The van der Waals surface area contributed by atoms with Gasteiger partial charge in [0.05, 0.1) is 13.2 Å². The predicted molar refractivity (Wildman–Crippen MR) is 142 cm³/mol. The lowest BCUT2D eigenvalue weighted by molar-refractivity contribution is 0.102. The Morgan fingerprint density at radius 2 is 1.47 bits per heavy atom. The normalized spacial score (nSPS) is 15.2. The molecule has 3 aromatic rings. The molecule has 1 atom stereocenters. The number of amides is 3. The van der Waals surface area contributed by atoms with Crippen LogP contribution in [0.3, 0.4) is 0 Å². The number of urea groups is 1. The van der Waals surface area contributed by atoms with Crippen LogP contribution < -0.4 is 20.1 Å². The van der Waals surface area contributed by atoms with Gasteiger partial charge < -0.3 is 25.0 Å². The molecule has 36 heavy (non-hydrogen) atoms. The zero-order valence-electron chi connectivity index (χ0n) is 20.8. The number of piperidine rings is 1. The number of benzene rings is 3. The molecule has 0 saturated carbocycles. The molecule has 1 aliphatic rings. The molecule has 0 bridgehead atoms. The van der Waals surface area contributed by atoms with Crippen molar-refractivity contribution >= 4 is 23.3 Å². The number of ether oxygens (including phenoxy) is 2. The van der Waals surface area contributed by atoms with Gasteiger partial charge in [-0.15, -0.1) is 0 Å². The minimum absolute atomic E-state index is 0.117. The smallest absolute Gasteiger partial charge is 0.321 e. The van der Waals surface area contributed by atoms with Gasteiger partial charge in [0.25, 0.3) is 5.91 Å². The van der Waals surface area contributed by atoms with Gasteiger partial charge in [-0.2, -0.15) is 0 Å². The molecule has 188 valence electrons. The highest BCUT2D eigenvalue weighted by atomic mass is 16.5. The number of likely N-dealkylation sites (tertiary alicyclic amines) is 1. The van der Waals surface area contributed by atoms with Gasteiger partial charge >= 0.3 is 6.03 Å². The number of carbonyl (C=O) groups is 2. The average molecular weight is 488 g/mol. The maximum absolute atomic E-state index is 12.9. The lowest BCUT2D eigenvalue weighted by atomic mass is 9.89. The number of nitrogens with zero attached hydrogens (tertiary/aromatic N) is 1. The van der Waals surface area contributed by atoms with E-state index in [2.05, 4.69) is 10.6 Å². The van der Waals surface area contributed by atoms with E-state index in [1.165, 1.54) is 0 Å². The van der Waals surface area contributed by atoms with E-state index in [1.807, 2.05) is 91.5 Å². The van der Waals surface area contributed by atoms with E-state index in [9.17, 15) is 9.59 Å². The van der Waals surface area contributed by atoms with Gasteiger partial charge in [-0.1, -0.05) is 12.1 Å². The van der Waals surface area contributed by atoms with E-state index >= 15 is 0 Å². The van der Waals surface area contributed by atoms with Crippen LogP contribution in [0.1, 0.15) is 48.5 Å². The van der Waals surface area contributed by atoms with Crippen molar-refractivity contribution in [1.82, 2.24) is 4.90 Å². The molecule has 3 amide bonds. The number of nitrogens with one attached hydrogen (secondary N) is 2. The predicted octanol–water partition coefficient (Wildman–Crippen LogP) is 6.15. The van der Waals surface area contributed by atoms with Crippen molar-refractivity contribution < 1.29 is 19.1 Å². The highest BCUT2D eigenvalue weighted by Crippen LogP contribution is 2.28. The van der Waals surface area contributed by atoms with Gasteiger partial charge in [-0.05, 0) is 92.9 Å². The Hall–Kier alpha value is -4.00. The van der Waals surface area contributed by atoms with E-state index in [-0.39, 0.29) is 17.9 Å². The van der Waals surface area contributed by atoms with Gasteiger partial charge in [0.2, 0.25) is 0 Å². The summed E-state index contributed by atoms with van der Waals surface area (Å²) < 4.78 is 10.9. The average Bonchev–Trinajstić information content (AvgIpc) is 2.91.